The van der Waals surface area contributed by atoms with Gasteiger partial charge in [0.15, 0.2) is 0 Å². The van der Waals surface area contributed by atoms with Gasteiger partial charge in [-0.3, -0.25) is 10.1 Å². The van der Waals surface area contributed by atoms with Gasteiger partial charge in [-0.15, -0.1) is 0 Å². The summed E-state index contributed by atoms with van der Waals surface area (Å²) in [7, 11) is 1.52. The number of halogens is 1. The zero-order chi connectivity index (χ0) is 14.5. The molecule has 0 radical (unpaired) electrons. The predicted molar refractivity (Wildman–Crippen MR) is 76.7 cm³/mol. The molecule has 1 N–H and O–H groups in total. The van der Waals surface area contributed by atoms with Gasteiger partial charge >= 0.3 is 5.69 Å². The SMILES string of the molecule is COc1ncccc1CNc1ncc(Br)cc1[N+](=O)[O-]. The number of hydrogen-bond acceptors (Lipinski definition) is 6. The molecule has 0 aliphatic heterocycles. The molecule has 0 saturated heterocycles. The number of ether oxygens (including phenoxy) is 1. The Hall–Kier alpha value is -2.22. The number of aromatic nitrogens is 2. The molecule has 0 bridgehead atoms. The van der Waals surface area contributed by atoms with Crippen LogP contribution in [0.3, 0.4) is 0 Å². The maximum atomic E-state index is 11.0. The summed E-state index contributed by atoms with van der Waals surface area (Å²) in [5.74, 6) is 0.670. The van der Waals surface area contributed by atoms with Crippen molar-refractivity contribution in [1.82, 2.24) is 9.97 Å². The summed E-state index contributed by atoms with van der Waals surface area (Å²) < 4.78 is 5.67. The largest absolute Gasteiger partial charge is 0.481 e. The van der Waals surface area contributed by atoms with Gasteiger partial charge in [0.1, 0.15) is 0 Å². The zero-order valence-electron chi connectivity index (χ0n) is 10.5. The summed E-state index contributed by atoms with van der Waals surface area (Å²) in [5, 5.41) is 13.9. The van der Waals surface area contributed by atoms with Crippen LogP contribution in [0.4, 0.5) is 11.5 Å². The van der Waals surface area contributed by atoms with Gasteiger partial charge in [0.05, 0.1) is 12.0 Å². The smallest absolute Gasteiger partial charge is 0.312 e. The van der Waals surface area contributed by atoms with Crippen LogP contribution in [-0.4, -0.2) is 22.0 Å². The standard InChI is InChI=1S/C12H11BrN4O3/c1-20-12-8(3-2-4-14-12)6-15-11-10(17(18)19)5-9(13)7-16-11/h2-5,7H,6H2,1H3,(H,15,16). The molecule has 0 saturated carbocycles. The van der Waals surface area contributed by atoms with Crippen LogP contribution in [0.5, 0.6) is 5.88 Å². The number of methoxy groups -OCH3 is 1. The molecule has 0 aliphatic carbocycles. The van der Waals surface area contributed by atoms with E-state index in [1.807, 2.05) is 6.07 Å². The molecule has 7 nitrogen and oxygen atoms in total. The number of nitrogens with one attached hydrogen (secondary N) is 1. The maximum absolute atomic E-state index is 11.0. The van der Waals surface area contributed by atoms with Crippen molar-refractivity contribution in [2.75, 3.05) is 12.4 Å². The Morgan fingerprint density at radius 2 is 2.30 bits per heavy atom. The highest BCUT2D eigenvalue weighted by atomic mass is 79.9. The van der Waals surface area contributed by atoms with Crippen LogP contribution in [0.1, 0.15) is 5.56 Å². The number of rotatable bonds is 5. The number of nitro groups is 1. The third-order valence-corrected chi connectivity index (χ3v) is 2.95. The minimum Gasteiger partial charge on any atom is -0.481 e. The van der Waals surface area contributed by atoms with Crippen LogP contribution in [-0.2, 0) is 6.54 Å². The van der Waals surface area contributed by atoms with Gasteiger partial charge in [0.25, 0.3) is 0 Å². The van der Waals surface area contributed by atoms with Gasteiger partial charge in [-0.2, -0.15) is 0 Å². The number of hydrogen-bond donors (Lipinski definition) is 1. The van der Waals surface area contributed by atoms with E-state index in [0.29, 0.717) is 16.9 Å². The maximum Gasteiger partial charge on any atom is 0.312 e. The van der Waals surface area contributed by atoms with Crippen molar-refractivity contribution in [2.45, 2.75) is 6.54 Å². The van der Waals surface area contributed by atoms with E-state index in [0.717, 1.165) is 5.56 Å². The summed E-state index contributed by atoms with van der Waals surface area (Å²) in [4.78, 5) is 18.6. The molecule has 0 atom stereocenters. The fourth-order valence-corrected chi connectivity index (χ4v) is 1.94. The third kappa shape index (κ3) is 3.21. The molecular formula is C12H11BrN4O3. The summed E-state index contributed by atoms with van der Waals surface area (Å²) in [6.07, 6.45) is 3.11. The lowest BCUT2D eigenvalue weighted by Crippen LogP contribution is -2.06. The lowest BCUT2D eigenvalue weighted by molar-refractivity contribution is -0.384. The zero-order valence-corrected chi connectivity index (χ0v) is 12.1. The highest BCUT2D eigenvalue weighted by molar-refractivity contribution is 9.10. The van der Waals surface area contributed by atoms with Crippen molar-refractivity contribution >= 4 is 27.4 Å². The minimum atomic E-state index is -0.486. The first-order valence-electron chi connectivity index (χ1n) is 5.63. The molecule has 0 fully saturated rings. The van der Waals surface area contributed by atoms with Crippen LogP contribution in [0.15, 0.2) is 35.1 Å². The summed E-state index contributed by atoms with van der Waals surface area (Å²) in [5.41, 5.74) is 0.691. The van der Waals surface area contributed by atoms with Crippen LogP contribution in [0, 0.1) is 10.1 Å². The van der Waals surface area contributed by atoms with E-state index in [4.69, 9.17) is 4.74 Å². The van der Waals surface area contributed by atoms with Gasteiger partial charge in [-0.05, 0) is 22.0 Å². The van der Waals surface area contributed by atoms with Crippen LogP contribution in [0.2, 0.25) is 0 Å². The lowest BCUT2D eigenvalue weighted by atomic mass is 10.2. The van der Waals surface area contributed by atoms with E-state index >= 15 is 0 Å². The average Bonchev–Trinajstić information content (AvgIpc) is 2.46. The summed E-state index contributed by atoms with van der Waals surface area (Å²) in [6, 6.07) is 4.99. The Bertz CT molecular complexity index is 636. The van der Waals surface area contributed by atoms with Gasteiger partial charge in [-0.25, -0.2) is 9.97 Å². The van der Waals surface area contributed by atoms with Crippen molar-refractivity contribution in [2.24, 2.45) is 0 Å². The second-order valence-electron chi connectivity index (χ2n) is 3.80. The van der Waals surface area contributed by atoms with Crippen molar-refractivity contribution in [1.29, 1.82) is 0 Å². The Balaban J connectivity index is 2.21. The normalized spacial score (nSPS) is 10.1. The molecule has 104 valence electrons. The number of nitrogens with zero attached hydrogens (tertiary/aromatic N) is 3. The molecule has 2 heterocycles. The monoisotopic (exact) mass is 338 g/mol. The van der Waals surface area contributed by atoms with E-state index in [-0.39, 0.29) is 11.5 Å². The Kier molecular flexibility index (Phi) is 4.46. The molecule has 0 amide bonds. The molecule has 2 aromatic rings. The van der Waals surface area contributed by atoms with E-state index in [1.54, 1.807) is 12.3 Å². The summed E-state index contributed by atoms with van der Waals surface area (Å²) in [6.45, 7) is 0.326. The first kappa shape index (κ1) is 14.2. The summed E-state index contributed by atoms with van der Waals surface area (Å²) >= 11 is 3.16. The van der Waals surface area contributed by atoms with E-state index in [9.17, 15) is 10.1 Å². The van der Waals surface area contributed by atoms with Gasteiger partial charge in [-0.1, -0.05) is 6.07 Å². The van der Waals surface area contributed by atoms with Crippen molar-refractivity contribution in [3.63, 3.8) is 0 Å². The Morgan fingerprint density at radius 1 is 1.50 bits per heavy atom. The van der Waals surface area contributed by atoms with Crippen molar-refractivity contribution < 1.29 is 9.66 Å². The number of pyridine rings is 2. The molecule has 0 unspecified atom stereocenters. The third-order valence-electron chi connectivity index (χ3n) is 2.52. The van der Waals surface area contributed by atoms with Crippen molar-refractivity contribution in [3.8, 4) is 5.88 Å². The first-order valence-corrected chi connectivity index (χ1v) is 6.43. The minimum absolute atomic E-state index is 0.0952. The van der Waals surface area contributed by atoms with E-state index in [1.165, 1.54) is 19.4 Å². The van der Waals surface area contributed by atoms with E-state index in [2.05, 4.69) is 31.2 Å². The number of anilines is 1. The van der Waals surface area contributed by atoms with Gasteiger partial charge < -0.3 is 10.1 Å². The quantitative estimate of drug-likeness (QED) is 0.665. The highest BCUT2D eigenvalue weighted by Crippen LogP contribution is 2.26. The highest BCUT2D eigenvalue weighted by Gasteiger charge is 2.16. The molecule has 2 rings (SSSR count). The molecule has 0 aliphatic rings. The van der Waals surface area contributed by atoms with E-state index < -0.39 is 4.92 Å². The second kappa shape index (κ2) is 6.29. The van der Waals surface area contributed by atoms with Crippen LogP contribution >= 0.6 is 15.9 Å². The van der Waals surface area contributed by atoms with Crippen LogP contribution in [0.25, 0.3) is 0 Å². The van der Waals surface area contributed by atoms with Crippen molar-refractivity contribution in [3.05, 3.63) is 50.7 Å². The molecular weight excluding hydrogens is 328 g/mol. The topological polar surface area (TPSA) is 90.2 Å². The average molecular weight is 339 g/mol. The second-order valence-corrected chi connectivity index (χ2v) is 4.72. The molecule has 2 aromatic heterocycles. The predicted octanol–water partition coefficient (Wildman–Crippen LogP) is 2.77. The molecule has 20 heavy (non-hydrogen) atoms. The molecule has 0 spiro atoms. The molecule has 0 aromatic carbocycles. The fourth-order valence-electron chi connectivity index (χ4n) is 1.63. The Labute approximate surface area is 123 Å². The van der Waals surface area contributed by atoms with Gasteiger partial charge in [0, 0.05) is 35.0 Å². The van der Waals surface area contributed by atoms with Gasteiger partial charge in [0.2, 0.25) is 11.7 Å². The van der Waals surface area contributed by atoms with Crippen LogP contribution < -0.4 is 10.1 Å². The first-order chi connectivity index (χ1) is 9.61. The fraction of sp³-hybridized carbons (Fsp3) is 0.167. The Morgan fingerprint density at radius 3 is 3.00 bits per heavy atom. The molecule has 8 heteroatoms. The lowest BCUT2D eigenvalue weighted by Gasteiger charge is -2.09.